The third kappa shape index (κ3) is 4.51. The summed E-state index contributed by atoms with van der Waals surface area (Å²) in [6.45, 7) is 0.384. The number of nitrogens with zero attached hydrogens (tertiary/aromatic N) is 3. The van der Waals surface area contributed by atoms with Gasteiger partial charge in [0.1, 0.15) is 0 Å². The van der Waals surface area contributed by atoms with E-state index < -0.39 is 0 Å². The minimum Gasteiger partial charge on any atom is -0.493 e. The van der Waals surface area contributed by atoms with Crippen LogP contribution >= 0.6 is 0 Å². The van der Waals surface area contributed by atoms with Crippen molar-refractivity contribution < 1.29 is 19.0 Å². The molecule has 0 saturated heterocycles. The molecule has 0 atom stereocenters. The van der Waals surface area contributed by atoms with Crippen molar-refractivity contribution in [1.82, 2.24) is 14.7 Å². The van der Waals surface area contributed by atoms with Gasteiger partial charge in [0.2, 0.25) is 11.7 Å². The molecular weight excluding hydrogens is 370 g/mol. The molecule has 7 heteroatoms. The Morgan fingerprint density at radius 2 is 1.72 bits per heavy atom. The van der Waals surface area contributed by atoms with Crippen LogP contribution in [0.5, 0.6) is 17.2 Å². The number of likely N-dealkylation sites (N-methyl/N-ethyl adjacent to an activating group) is 1. The molecule has 152 valence electrons. The third-order valence-corrected chi connectivity index (χ3v) is 4.63. The monoisotopic (exact) mass is 395 g/mol. The number of aromatic nitrogens is 2. The lowest BCUT2D eigenvalue weighted by Crippen LogP contribution is -2.27. The van der Waals surface area contributed by atoms with E-state index in [4.69, 9.17) is 14.2 Å². The van der Waals surface area contributed by atoms with Crippen LogP contribution in [0, 0.1) is 0 Å². The summed E-state index contributed by atoms with van der Waals surface area (Å²) in [7, 11) is 6.46. The summed E-state index contributed by atoms with van der Waals surface area (Å²) in [5, 5.41) is 4.35. The maximum absolute atomic E-state index is 12.7. The average Bonchev–Trinajstić information content (AvgIpc) is 3.22. The second kappa shape index (κ2) is 9.14. The molecule has 0 spiro atoms. The number of carbonyl (C=O) groups excluding carboxylic acids is 1. The Balaban J connectivity index is 1.71. The highest BCUT2D eigenvalue weighted by Crippen LogP contribution is 2.40. The van der Waals surface area contributed by atoms with E-state index in [1.807, 2.05) is 42.6 Å². The van der Waals surface area contributed by atoms with Gasteiger partial charge in [-0.25, -0.2) is 4.68 Å². The predicted molar refractivity (Wildman–Crippen MR) is 110 cm³/mol. The van der Waals surface area contributed by atoms with E-state index in [9.17, 15) is 4.79 Å². The smallest absolute Gasteiger partial charge is 0.227 e. The number of hydrogen-bond acceptors (Lipinski definition) is 5. The summed E-state index contributed by atoms with van der Waals surface area (Å²) in [6, 6.07) is 13.5. The number of amides is 1. The zero-order valence-electron chi connectivity index (χ0n) is 17.1. The van der Waals surface area contributed by atoms with Gasteiger partial charge in [-0.1, -0.05) is 18.2 Å². The van der Waals surface area contributed by atoms with Crippen molar-refractivity contribution in [2.75, 3.05) is 28.4 Å². The largest absolute Gasteiger partial charge is 0.493 e. The van der Waals surface area contributed by atoms with Crippen molar-refractivity contribution in [3.05, 3.63) is 66.0 Å². The molecule has 0 bridgehead atoms. The molecule has 0 radical (unpaired) electrons. The van der Waals surface area contributed by atoms with Crippen LogP contribution in [0.2, 0.25) is 0 Å². The van der Waals surface area contributed by atoms with Crippen LogP contribution in [0.4, 0.5) is 0 Å². The fourth-order valence-electron chi connectivity index (χ4n) is 3.11. The molecule has 0 aliphatic heterocycles. The summed E-state index contributed by atoms with van der Waals surface area (Å²) >= 11 is 0. The zero-order chi connectivity index (χ0) is 20.8. The van der Waals surface area contributed by atoms with E-state index in [0.29, 0.717) is 23.8 Å². The van der Waals surface area contributed by atoms with E-state index in [0.717, 1.165) is 16.8 Å². The molecule has 0 unspecified atom stereocenters. The molecule has 0 saturated carbocycles. The minimum atomic E-state index is -0.0190. The van der Waals surface area contributed by atoms with Crippen LogP contribution < -0.4 is 14.2 Å². The lowest BCUT2D eigenvalue weighted by molar-refractivity contribution is -0.129. The van der Waals surface area contributed by atoms with Crippen molar-refractivity contribution in [3.8, 4) is 22.9 Å². The molecule has 0 aliphatic rings. The van der Waals surface area contributed by atoms with Crippen molar-refractivity contribution in [2.24, 2.45) is 0 Å². The molecule has 1 heterocycles. The second-order valence-electron chi connectivity index (χ2n) is 6.55. The van der Waals surface area contributed by atoms with Crippen molar-refractivity contribution in [3.63, 3.8) is 0 Å². The Bertz CT molecular complexity index is 969. The van der Waals surface area contributed by atoms with Crippen LogP contribution in [-0.2, 0) is 17.8 Å². The van der Waals surface area contributed by atoms with E-state index in [1.165, 1.54) is 0 Å². The number of ether oxygens (including phenoxy) is 3. The second-order valence-corrected chi connectivity index (χ2v) is 6.55. The molecule has 29 heavy (non-hydrogen) atoms. The minimum absolute atomic E-state index is 0.0190. The molecule has 3 rings (SSSR count). The lowest BCUT2D eigenvalue weighted by atomic mass is 10.1. The molecule has 0 fully saturated rings. The summed E-state index contributed by atoms with van der Waals surface area (Å²) in [4.78, 5) is 14.4. The Hall–Kier alpha value is -3.48. The first-order valence-corrected chi connectivity index (χ1v) is 9.18. The Morgan fingerprint density at radius 1 is 1.00 bits per heavy atom. The lowest BCUT2D eigenvalue weighted by Gasteiger charge is -2.21. The molecular formula is C22H25N3O4. The maximum atomic E-state index is 12.7. The zero-order valence-corrected chi connectivity index (χ0v) is 17.1. The Labute approximate surface area is 170 Å². The molecule has 1 aromatic heterocycles. The highest BCUT2D eigenvalue weighted by atomic mass is 16.5. The van der Waals surface area contributed by atoms with Gasteiger partial charge in [-0.2, -0.15) is 5.10 Å². The number of para-hydroxylation sites is 1. The first-order valence-electron chi connectivity index (χ1n) is 9.18. The van der Waals surface area contributed by atoms with Gasteiger partial charge in [0.05, 0.1) is 39.6 Å². The Kier molecular flexibility index (Phi) is 6.39. The third-order valence-electron chi connectivity index (χ3n) is 4.63. The van der Waals surface area contributed by atoms with Crippen molar-refractivity contribution in [2.45, 2.75) is 13.0 Å². The highest BCUT2D eigenvalue weighted by Gasteiger charge is 2.19. The van der Waals surface area contributed by atoms with Gasteiger partial charge in [-0.05, 0) is 29.8 Å². The number of rotatable bonds is 8. The maximum Gasteiger partial charge on any atom is 0.227 e. The highest BCUT2D eigenvalue weighted by molar-refractivity contribution is 5.78. The van der Waals surface area contributed by atoms with Gasteiger partial charge >= 0.3 is 0 Å². The van der Waals surface area contributed by atoms with Gasteiger partial charge in [0.15, 0.2) is 11.5 Å². The van der Waals surface area contributed by atoms with E-state index >= 15 is 0 Å². The quantitative estimate of drug-likeness (QED) is 0.586. The van der Waals surface area contributed by atoms with Gasteiger partial charge in [0, 0.05) is 25.4 Å². The molecule has 1 amide bonds. The van der Waals surface area contributed by atoms with Gasteiger partial charge < -0.3 is 19.1 Å². The SMILES string of the molecule is COc1ccc(CN(C)C(=O)Cc2cnn(-c3ccccc3)c2)c(OC)c1OC. The summed E-state index contributed by atoms with van der Waals surface area (Å²) in [5.41, 5.74) is 2.64. The fourth-order valence-corrected chi connectivity index (χ4v) is 3.11. The van der Waals surface area contributed by atoms with Crippen molar-refractivity contribution >= 4 is 5.91 Å². The molecule has 0 N–H and O–H groups in total. The molecule has 2 aromatic carbocycles. The normalized spacial score (nSPS) is 10.5. The van der Waals surface area contributed by atoms with E-state index in [1.54, 1.807) is 50.2 Å². The van der Waals surface area contributed by atoms with Crippen LogP contribution in [0.1, 0.15) is 11.1 Å². The first kappa shape index (κ1) is 20.3. The summed E-state index contributed by atoms with van der Waals surface area (Å²) in [6.07, 6.45) is 3.85. The van der Waals surface area contributed by atoms with Crippen LogP contribution in [0.25, 0.3) is 5.69 Å². The van der Waals surface area contributed by atoms with E-state index in [-0.39, 0.29) is 12.3 Å². The van der Waals surface area contributed by atoms with Gasteiger partial charge in [0.25, 0.3) is 0 Å². The predicted octanol–water partition coefficient (Wildman–Crippen LogP) is 3.10. The number of carbonyl (C=O) groups is 1. The van der Waals surface area contributed by atoms with Gasteiger partial charge in [-0.3, -0.25) is 4.79 Å². The van der Waals surface area contributed by atoms with Crippen LogP contribution in [0.3, 0.4) is 0 Å². The molecule has 7 nitrogen and oxygen atoms in total. The van der Waals surface area contributed by atoms with Gasteiger partial charge in [-0.15, -0.1) is 0 Å². The standard InChI is InChI=1S/C22H25N3O4/c1-24(15-17-10-11-19(27-2)22(29-4)21(17)28-3)20(26)12-16-13-23-25(14-16)18-8-6-5-7-9-18/h5-11,13-14H,12,15H2,1-4H3. The number of benzene rings is 2. The Morgan fingerprint density at radius 3 is 2.38 bits per heavy atom. The number of methoxy groups -OCH3 is 3. The first-order chi connectivity index (χ1) is 14.1. The average molecular weight is 395 g/mol. The molecule has 3 aromatic rings. The summed E-state index contributed by atoms with van der Waals surface area (Å²) < 4.78 is 18.0. The number of hydrogen-bond donors (Lipinski definition) is 0. The van der Waals surface area contributed by atoms with E-state index in [2.05, 4.69) is 5.10 Å². The molecule has 0 aliphatic carbocycles. The summed E-state index contributed by atoms with van der Waals surface area (Å²) in [5.74, 6) is 1.63. The topological polar surface area (TPSA) is 65.8 Å². The fraction of sp³-hybridized carbons (Fsp3) is 0.273. The van der Waals surface area contributed by atoms with Crippen molar-refractivity contribution in [1.29, 1.82) is 0 Å². The van der Waals surface area contributed by atoms with Crippen LogP contribution in [-0.4, -0.2) is 49.0 Å². The van der Waals surface area contributed by atoms with Crippen LogP contribution in [0.15, 0.2) is 54.9 Å².